The number of nitrogens with one attached hydrogen (secondary N) is 2. The third-order valence-corrected chi connectivity index (χ3v) is 4.26. The normalized spacial score (nSPS) is 16.2. The van der Waals surface area contributed by atoms with Crippen LogP contribution < -0.4 is 10.1 Å². The molecule has 4 nitrogen and oxygen atoms in total. The van der Waals surface area contributed by atoms with Crippen molar-refractivity contribution >= 4 is 16.8 Å². The molecule has 0 saturated heterocycles. The molecule has 1 aliphatic carbocycles. The molecule has 0 unspecified atom stereocenters. The molecule has 0 atom stereocenters. The molecule has 0 aliphatic heterocycles. The van der Waals surface area contributed by atoms with Crippen LogP contribution in [0.15, 0.2) is 24.4 Å². The number of aromatic amines is 1. The monoisotopic (exact) mass is 286 g/mol. The summed E-state index contributed by atoms with van der Waals surface area (Å²) in [4.78, 5) is 15.8. The Bertz CT molecular complexity index is 668. The van der Waals surface area contributed by atoms with Crippen LogP contribution in [0.4, 0.5) is 0 Å². The van der Waals surface area contributed by atoms with Crippen LogP contribution in [-0.4, -0.2) is 24.5 Å². The van der Waals surface area contributed by atoms with E-state index < -0.39 is 0 Å². The second kappa shape index (κ2) is 5.10. The Morgan fingerprint density at radius 1 is 1.43 bits per heavy atom. The molecule has 1 aromatic heterocycles. The lowest BCUT2D eigenvalue weighted by molar-refractivity contribution is -0.123. The molecule has 21 heavy (non-hydrogen) atoms. The van der Waals surface area contributed by atoms with Crippen LogP contribution >= 0.6 is 0 Å². The molecule has 0 radical (unpaired) electrons. The summed E-state index contributed by atoms with van der Waals surface area (Å²) < 4.78 is 5.30. The van der Waals surface area contributed by atoms with Gasteiger partial charge in [0.05, 0.1) is 12.5 Å². The second-order valence-electron chi connectivity index (χ2n) is 6.30. The van der Waals surface area contributed by atoms with Gasteiger partial charge in [-0.3, -0.25) is 4.79 Å². The van der Waals surface area contributed by atoms with Crippen molar-refractivity contribution in [2.75, 3.05) is 13.7 Å². The highest BCUT2D eigenvalue weighted by molar-refractivity contribution is 5.97. The van der Waals surface area contributed by atoms with Crippen molar-refractivity contribution in [1.82, 2.24) is 10.3 Å². The fourth-order valence-corrected chi connectivity index (χ4v) is 2.83. The number of carbonyl (C=O) groups excluding carboxylic acids is 1. The zero-order valence-corrected chi connectivity index (χ0v) is 12.8. The van der Waals surface area contributed by atoms with Crippen LogP contribution in [0.3, 0.4) is 0 Å². The number of fused-ring (bicyclic) bond motifs is 1. The Kier molecular flexibility index (Phi) is 3.40. The van der Waals surface area contributed by atoms with E-state index >= 15 is 0 Å². The van der Waals surface area contributed by atoms with Crippen molar-refractivity contribution in [3.05, 3.63) is 30.0 Å². The van der Waals surface area contributed by atoms with Crippen LogP contribution in [0.1, 0.15) is 32.3 Å². The van der Waals surface area contributed by atoms with E-state index in [-0.39, 0.29) is 11.3 Å². The van der Waals surface area contributed by atoms with E-state index in [9.17, 15) is 4.79 Å². The number of benzene rings is 1. The van der Waals surface area contributed by atoms with Crippen molar-refractivity contribution in [3.8, 4) is 5.75 Å². The average molecular weight is 286 g/mol. The molecule has 1 aromatic carbocycles. The summed E-state index contributed by atoms with van der Waals surface area (Å²) in [7, 11) is 1.66. The lowest BCUT2D eigenvalue weighted by Gasteiger charge is -2.16. The van der Waals surface area contributed by atoms with E-state index in [1.165, 1.54) is 0 Å². The molecule has 1 heterocycles. The first-order chi connectivity index (χ1) is 10.1. The highest BCUT2D eigenvalue weighted by atomic mass is 16.5. The van der Waals surface area contributed by atoms with Crippen molar-refractivity contribution in [1.29, 1.82) is 0 Å². The first kappa shape index (κ1) is 14.0. The van der Waals surface area contributed by atoms with Crippen LogP contribution in [0, 0.1) is 5.92 Å². The zero-order valence-electron chi connectivity index (χ0n) is 12.8. The Hall–Kier alpha value is -1.97. The fourth-order valence-electron chi connectivity index (χ4n) is 2.83. The minimum Gasteiger partial charge on any atom is -0.497 e. The van der Waals surface area contributed by atoms with Crippen LogP contribution in [0.2, 0.25) is 0 Å². The van der Waals surface area contributed by atoms with Crippen molar-refractivity contribution < 1.29 is 9.53 Å². The number of aromatic nitrogens is 1. The summed E-state index contributed by atoms with van der Waals surface area (Å²) in [5.41, 5.74) is 1.80. The number of amides is 1. The topological polar surface area (TPSA) is 54.1 Å². The van der Waals surface area contributed by atoms with E-state index in [1.807, 2.05) is 24.4 Å². The van der Waals surface area contributed by atoms with E-state index in [0.29, 0.717) is 5.92 Å². The largest absolute Gasteiger partial charge is 0.497 e. The molecular weight excluding hydrogens is 264 g/mol. The second-order valence-corrected chi connectivity index (χ2v) is 6.30. The zero-order chi connectivity index (χ0) is 15.0. The molecule has 112 valence electrons. The van der Waals surface area contributed by atoms with Crippen molar-refractivity contribution in [2.24, 2.45) is 5.92 Å². The van der Waals surface area contributed by atoms with Crippen molar-refractivity contribution in [3.63, 3.8) is 0 Å². The van der Waals surface area contributed by atoms with Crippen LogP contribution in [0.5, 0.6) is 5.75 Å². The summed E-state index contributed by atoms with van der Waals surface area (Å²) in [5.74, 6) is 1.44. The summed E-state index contributed by atoms with van der Waals surface area (Å²) >= 11 is 0. The molecule has 1 fully saturated rings. The molecule has 2 N–H and O–H groups in total. The van der Waals surface area contributed by atoms with E-state index in [4.69, 9.17) is 4.74 Å². The van der Waals surface area contributed by atoms with E-state index in [0.717, 1.165) is 41.6 Å². The number of H-pyrrole nitrogens is 1. The number of rotatable bonds is 5. The van der Waals surface area contributed by atoms with Gasteiger partial charge in [-0.15, -0.1) is 0 Å². The quantitative estimate of drug-likeness (QED) is 0.888. The maximum Gasteiger partial charge on any atom is 0.230 e. The van der Waals surface area contributed by atoms with Gasteiger partial charge in [0.2, 0.25) is 5.91 Å². The molecule has 3 rings (SSSR count). The third-order valence-electron chi connectivity index (χ3n) is 4.26. The Labute approximate surface area is 124 Å². The molecule has 1 amide bonds. The molecule has 4 heteroatoms. The molecule has 0 spiro atoms. The maximum absolute atomic E-state index is 12.6. The summed E-state index contributed by atoms with van der Waals surface area (Å²) in [6, 6.07) is 5.94. The van der Waals surface area contributed by atoms with E-state index in [2.05, 4.69) is 24.1 Å². The van der Waals surface area contributed by atoms with Gasteiger partial charge in [-0.25, -0.2) is 0 Å². The lowest BCUT2D eigenvalue weighted by atomic mass is 9.94. The predicted molar refractivity (Wildman–Crippen MR) is 83.6 cm³/mol. The summed E-state index contributed by atoms with van der Waals surface area (Å²) in [6.45, 7) is 4.94. The Morgan fingerprint density at radius 3 is 2.81 bits per heavy atom. The van der Waals surface area contributed by atoms with Crippen LogP contribution in [0.25, 0.3) is 10.9 Å². The van der Waals surface area contributed by atoms with Gasteiger partial charge in [-0.1, -0.05) is 13.8 Å². The standard InChI is InChI=1S/C17H22N2O2/c1-11(2)9-19-16(20)17(6-7-17)14-10-18-15-5-4-12(21-3)8-13(14)15/h4-5,8,10-11,18H,6-7,9H2,1-3H3,(H,19,20). The predicted octanol–water partition coefficient (Wildman–Crippen LogP) is 2.98. The van der Waals surface area contributed by atoms with Gasteiger partial charge in [-0.05, 0) is 42.5 Å². The van der Waals surface area contributed by atoms with Gasteiger partial charge in [-0.2, -0.15) is 0 Å². The molecule has 2 aromatic rings. The molecule has 1 aliphatic rings. The van der Waals surface area contributed by atoms with E-state index in [1.54, 1.807) is 7.11 Å². The fraction of sp³-hybridized carbons (Fsp3) is 0.471. The Balaban J connectivity index is 1.94. The number of hydrogen-bond donors (Lipinski definition) is 2. The van der Waals surface area contributed by atoms with Gasteiger partial charge in [0, 0.05) is 23.6 Å². The first-order valence-electron chi connectivity index (χ1n) is 7.51. The number of hydrogen-bond acceptors (Lipinski definition) is 2. The van der Waals surface area contributed by atoms with Crippen LogP contribution in [-0.2, 0) is 10.2 Å². The SMILES string of the molecule is COc1ccc2[nH]cc(C3(C(=O)NCC(C)C)CC3)c2c1. The molecular formula is C17H22N2O2. The lowest BCUT2D eigenvalue weighted by Crippen LogP contribution is -2.36. The minimum absolute atomic E-state index is 0.153. The van der Waals surface area contributed by atoms with Gasteiger partial charge in [0.25, 0.3) is 0 Å². The minimum atomic E-state index is -0.348. The third kappa shape index (κ3) is 2.39. The smallest absolute Gasteiger partial charge is 0.230 e. The molecule has 1 saturated carbocycles. The number of methoxy groups -OCH3 is 1. The summed E-state index contributed by atoms with van der Waals surface area (Å²) in [5, 5.41) is 4.17. The number of carbonyl (C=O) groups is 1. The van der Waals surface area contributed by atoms with Gasteiger partial charge >= 0.3 is 0 Å². The van der Waals surface area contributed by atoms with Gasteiger partial charge in [0.1, 0.15) is 5.75 Å². The summed E-state index contributed by atoms with van der Waals surface area (Å²) in [6.07, 6.45) is 3.81. The first-order valence-corrected chi connectivity index (χ1v) is 7.51. The highest BCUT2D eigenvalue weighted by Crippen LogP contribution is 2.51. The molecule has 0 bridgehead atoms. The van der Waals surface area contributed by atoms with Gasteiger partial charge < -0.3 is 15.0 Å². The highest BCUT2D eigenvalue weighted by Gasteiger charge is 2.52. The van der Waals surface area contributed by atoms with Crippen molar-refractivity contribution in [2.45, 2.75) is 32.1 Å². The maximum atomic E-state index is 12.6. The number of ether oxygens (including phenoxy) is 1. The Morgan fingerprint density at radius 2 is 2.19 bits per heavy atom. The van der Waals surface area contributed by atoms with Gasteiger partial charge in [0.15, 0.2) is 0 Å². The average Bonchev–Trinajstić information content (AvgIpc) is 3.18.